The number of likely N-dealkylation sites (N-methyl/N-ethyl adjacent to an activating group) is 1. The minimum absolute atomic E-state index is 0.0121. The summed E-state index contributed by atoms with van der Waals surface area (Å²) >= 11 is 1.48. The summed E-state index contributed by atoms with van der Waals surface area (Å²) in [5.74, 6) is 1.03. The maximum absolute atomic E-state index is 12.0. The normalized spacial score (nSPS) is 13.8. The lowest BCUT2D eigenvalue weighted by atomic mass is 10.3. The average Bonchev–Trinajstić information content (AvgIpc) is 2.93. The van der Waals surface area contributed by atoms with Crippen LogP contribution in [0.4, 0.5) is 5.69 Å². The standard InChI is InChI=1S/C15H19N3O4S/c1-17(14(20)8-18-10-23-9-15(18)21)7-13(19)16-11-3-5-12(22-2)6-4-11/h3-6H,7-10H2,1-2H3,(H,16,19). The first-order valence-electron chi connectivity index (χ1n) is 7.03. The van der Waals surface area contributed by atoms with E-state index >= 15 is 0 Å². The van der Waals surface area contributed by atoms with E-state index in [1.165, 1.54) is 21.6 Å². The smallest absolute Gasteiger partial charge is 0.243 e. The molecule has 0 atom stereocenters. The van der Waals surface area contributed by atoms with Crippen LogP contribution in [0.1, 0.15) is 0 Å². The highest BCUT2D eigenvalue weighted by Crippen LogP contribution is 2.15. The van der Waals surface area contributed by atoms with Crippen molar-refractivity contribution < 1.29 is 19.1 Å². The summed E-state index contributed by atoms with van der Waals surface area (Å²) in [6.07, 6.45) is 0. The molecule has 0 saturated carbocycles. The number of nitrogens with zero attached hydrogens (tertiary/aromatic N) is 2. The van der Waals surface area contributed by atoms with E-state index in [0.29, 0.717) is 23.1 Å². The molecule has 1 saturated heterocycles. The number of ether oxygens (including phenoxy) is 1. The van der Waals surface area contributed by atoms with Crippen molar-refractivity contribution >= 4 is 35.2 Å². The third kappa shape index (κ3) is 4.88. The van der Waals surface area contributed by atoms with Gasteiger partial charge in [-0.05, 0) is 24.3 Å². The number of thioether (sulfide) groups is 1. The Kier molecular flexibility index (Phi) is 5.86. The lowest BCUT2D eigenvalue weighted by Gasteiger charge is -2.20. The Bertz CT molecular complexity index is 591. The second-order valence-electron chi connectivity index (χ2n) is 5.10. The van der Waals surface area contributed by atoms with Gasteiger partial charge in [0.15, 0.2) is 0 Å². The fraction of sp³-hybridized carbons (Fsp3) is 0.400. The van der Waals surface area contributed by atoms with E-state index in [0.717, 1.165) is 0 Å². The van der Waals surface area contributed by atoms with Crippen molar-refractivity contribution in [1.82, 2.24) is 9.80 Å². The van der Waals surface area contributed by atoms with E-state index in [1.807, 2.05) is 0 Å². The van der Waals surface area contributed by atoms with Gasteiger partial charge >= 0.3 is 0 Å². The highest BCUT2D eigenvalue weighted by Gasteiger charge is 2.24. The second kappa shape index (κ2) is 7.87. The molecule has 1 aromatic rings. The minimum atomic E-state index is -0.298. The summed E-state index contributed by atoms with van der Waals surface area (Å²) in [5, 5.41) is 2.71. The lowest BCUT2D eigenvalue weighted by Crippen LogP contribution is -2.42. The van der Waals surface area contributed by atoms with Crippen LogP contribution in [0, 0.1) is 0 Å². The predicted octanol–water partition coefficient (Wildman–Crippen LogP) is 0.625. The predicted molar refractivity (Wildman–Crippen MR) is 88.3 cm³/mol. The van der Waals surface area contributed by atoms with Crippen molar-refractivity contribution in [3.05, 3.63) is 24.3 Å². The zero-order valence-electron chi connectivity index (χ0n) is 13.1. The number of carbonyl (C=O) groups is 3. The molecule has 2 rings (SSSR count). The molecule has 1 heterocycles. The molecular formula is C15H19N3O4S. The number of rotatable bonds is 6. The Morgan fingerprint density at radius 2 is 2.04 bits per heavy atom. The zero-order valence-corrected chi connectivity index (χ0v) is 13.9. The van der Waals surface area contributed by atoms with Gasteiger partial charge in [0.25, 0.3) is 0 Å². The number of methoxy groups -OCH3 is 1. The molecule has 1 aromatic carbocycles. The quantitative estimate of drug-likeness (QED) is 0.823. The monoisotopic (exact) mass is 337 g/mol. The fourth-order valence-corrected chi connectivity index (χ4v) is 2.91. The Labute approximate surface area is 139 Å². The molecule has 0 aromatic heterocycles. The molecule has 0 radical (unpaired) electrons. The van der Waals surface area contributed by atoms with E-state index in [2.05, 4.69) is 5.32 Å². The van der Waals surface area contributed by atoms with Crippen LogP contribution in [0.25, 0.3) is 0 Å². The molecule has 0 bridgehead atoms. The zero-order chi connectivity index (χ0) is 16.8. The third-order valence-electron chi connectivity index (χ3n) is 3.33. The summed E-state index contributed by atoms with van der Waals surface area (Å²) in [7, 11) is 3.11. The summed E-state index contributed by atoms with van der Waals surface area (Å²) in [6, 6.07) is 6.92. The number of nitrogens with one attached hydrogen (secondary N) is 1. The average molecular weight is 337 g/mol. The fourth-order valence-electron chi connectivity index (χ4n) is 2.00. The molecule has 8 heteroatoms. The van der Waals surface area contributed by atoms with Crippen LogP contribution in [0.15, 0.2) is 24.3 Å². The molecule has 1 aliphatic heterocycles. The van der Waals surface area contributed by atoms with Crippen LogP contribution >= 0.6 is 11.8 Å². The molecule has 0 aliphatic carbocycles. The number of benzene rings is 1. The SMILES string of the molecule is COc1ccc(NC(=O)CN(C)C(=O)CN2CSCC2=O)cc1. The Morgan fingerprint density at radius 3 is 2.61 bits per heavy atom. The third-order valence-corrected chi connectivity index (χ3v) is 4.28. The molecule has 23 heavy (non-hydrogen) atoms. The molecule has 0 unspecified atom stereocenters. The lowest BCUT2D eigenvalue weighted by molar-refractivity contribution is -0.138. The van der Waals surface area contributed by atoms with Crippen molar-refractivity contribution in [2.45, 2.75) is 0 Å². The van der Waals surface area contributed by atoms with Crippen LogP contribution in [-0.4, -0.2) is 66.4 Å². The first-order chi connectivity index (χ1) is 11.0. The number of amides is 3. The number of hydrogen-bond donors (Lipinski definition) is 1. The van der Waals surface area contributed by atoms with Crippen LogP contribution < -0.4 is 10.1 Å². The molecule has 7 nitrogen and oxygen atoms in total. The summed E-state index contributed by atoms with van der Waals surface area (Å²) in [6.45, 7) is -0.0574. The number of anilines is 1. The van der Waals surface area contributed by atoms with Gasteiger partial charge in [0, 0.05) is 12.7 Å². The van der Waals surface area contributed by atoms with Gasteiger partial charge in [-0.2, -0.15) is 0 Å². The molecule has 3 amide bonds. The molecule has 1 aliphatic rings. The Hall–Kier alpha value is -2.22. The largest absolute Gasteiger partial charge is 0.497 e. The van der Waals surface area contributed by atoms with E-state index in [-0.39, 0.29) is 30.8 Å². The van der Waals surface area contributed by atoms with Gasteiger partial charge in [-0.15, -0.1) is 11.8 Å². The Morgan fingerprint density at radius 1 is 1.35 bits per heavy atom. The second-order valence-corrected chi connectivity index (χ2v) is 6.05. The van der Waals surface area contributed by atoms with E-state index < -0.39 is 0 Å². The molecular weight excluding hydrogens is 318 g/mol. The number of carbonyl (C=O) groups excluding carboxylic acids is 3. The van der Waals surface area contributed by atoms with Gasteiger partial charge in [-0.25, -0.2) is 0 Å². The molecule has 1 fully saturated rings. The van der Waals surface area contributed by atoms with Gasteiger partial charge in [-0.3, -0.25) is 14.4 Å². The van der Waals surface area contributed by atoms with Gasteiger partial charge in [0.05, 0.1) is 25.3 Å². The van der Waals surface area contributed by atoms with Crippen LogP contribution in [-0.2, 0) is 14.4 Å². The topological polar surface area (TPSA) is 79.0 Å². The van der Waals surface area contributed by atoms with E-state index in [1.54, 1.807) is 38.4 Å². The van der Waals surface area contributed by atoms with Crippen molar-refractivity contribution in [2.75, 3.05) is 44.2 Å². The van der Waals surface area contributed by atoms with Crippen LogP contribution in [0.2, 0.25) is 0 Å². The first kappa shape index (κ1) is 17.1. The van der Waals surface area contributed by atoms with E-state index in [4.69, 9.17) is 4.74 Å². The first-order valence-corrected chi connectivity index (χ1v) is 8.18. The van der Waals surface area contributed by atoms with Crippen molar-refractivity contribution in [3.63, 3.8) is 0 Å². The Balaban J connectivity index is 1.81. The highest BCUT2D eigenvalue weighted by molar-refractivity contribution is 8.00. The van der Waals surface area contributed by atoms with Gasteiger partial charge in [0.1, 0.15) is 12.3 Å². The molecule has 124 valence electrons. The summed E-state index contributed by atoms with van der Waals surface area (Å²) in [5.41, 5.74) is 0.628. The van der Waals surface area contributed by atoms with Crippen molar-refractivity contribution in [2.24, 2.45) is 0 Å². The maximum Gasteiger partial charge on any atom is 0.243 e. The van der Waals surface area contributed by atoms with Crippen LogP contribution in [0.5, 0.6) is 5.75 Å². The maximum atomic E-state index is 12.0. The molecule has 0 spiro atoms. The van der Waals surface area contributed by atoms with Gasteiger partial charge in [0.2, 0.25) is 17.7 Å². The molecule has 1 N–H and O–H groups in total. The van der Waals surface area contributed by atoms with Gasteiger partial charge in [-0.1, -0.05) is 0 Å². The minimum Gasteiger partial charge on any atom is -0.497 e. The van der Waals surface area contributed by atoms with E-state index in [9.17, 15) is 14.4 Å². The summed E-state index contributed by atoms with van der Waals surface area (Å²) < 4.78 is 5.04. The number of hydrogen-bond acceptors (Lipinski definition) is 5. The van der Waals surface area contributed by atoms with Crippen molar-refractivity contribution in [1.29, 1.82) is 0 Å². The van der Waals surface area contributed by atoms with Gasteiger partial charge < -0.3 is 19.9 Å². The van der Waals surface area contributed by atoms with Crippen molar-refractivity contribution in [3.8, 4) is 5.75 Å². The summed E-state index contributed by atoms with van der Waals surface area (Å²) in [4.78, 5) is 38.3. The van der Waals surface area contributed by atoms with Crippen LogP contribution in [0.3, 0.4) is 0 Å². The highest BCUT2D eigenvalue weighted by atomic mass is 32.2.